The first kappa shape index (κ1) is 12.0. The molecule has 0 bridgehead atoms. The minimum absolute atomic E-state index is 0.148. The van der Waals surface area contributed by atoms with Crippen molar-refractivity contribution in [1.82, 2.24) is 0 Å². The number of hydrogen-bond acceptors (Lipinski definition) is 3. The maximum absolute atomic E-state index is 6.25. The van der Waals surface area contributed by atoms with Crippen LogP contribution >= 0.6 is 23.1 Å². The molecule has 16 heavy (non-hydrogen) atoms. The van der Waals surface area contributed by atoms with E-state index in [2.05, 4.69) is 43.5 Å². The van der Waals surface area contributed by atoms with Gasteiger partial charge in [0.15, 0.2) is 0 Å². The minimum Gasteiger partial charge on any atom is -0.323 e. The fourth-order valence-corrected chi connectivity index (χ4v) is 3.44. The van der Waals surface area contributed by atoms with E-state index in [1.807, 2.05) is 11.8 Å². The molecular weight excluding hydrogens is 234 g/mol. The lowest BCUT2D eigenvalue weighted by molar-refractivity contribution is 0.838. The Labute approximate surface area is 105 Å². The Kier molecular flexibility index (Phi) is 3.90. The van der Waals surface area contributed by atoms with Crippen molar-refractivity contribution in [2.45, 2.75) is 25.1 Å². The number of hydrogen-bond donors (Lipinski definition) is 1. The van der Waals surface area contributed by atoms with Gasteiger partial charge in [-0.05, 0) is 27.6 Å². The van der Waals surface area contributed by atoms with Crippen LogP contribution in [0.5, 0.6) is 0 Å². The normalized spacial score (nSPS) is 13.5. The molecule has 0 saturated carbocycles. The van der Waals surface area contributed by atoms with E-state index in [1.54, 1.807) is 11.3 Å². The monoisotopic (exact) mass is 251 g/mol. The second-order valence-electron chi connectivity index (χ2n) is 4.17. The Morgan fingerprint density at radius 3 is 2.88 bits per heavy atom. The maximum Gasteiger partial charge on any atom is 0.0401 e. The number of thioether (sulfide) groups is 1. The molecule has 0 amide bonds. The van der Waals surface area contributed by atoms with Crippen molar-refractivity contribution in [2.24, 2.45) is 5.73 Å². The SMILES string of the molecule is CC(C)SCC(N)c1cccc2ccsc12. The molecule has 1 atom stereocenters. The van der Waals surface area contributed by atoms with E-state index < -0.39 is 0 Å². The van der Waals surface area contributed by atoms with Gasteiger partial charge in [0.2, 0.25) is 0 Å². The molecule has 1 aromatic carbocycles. The molecule has 0 spiro atoms. The summed E-state index contributed by atoms with van der Waals surface area (Å²) in [5.74, 6) is 0.995. The fourth-order valence-electron chi connectivity index (χ4n) is 1.69. The van der Waals surface area contributed by atoms with Gasteiger partial charge in [-0.15, -0.1) is 11.3 Å². The Bertz CT molecular complexity index is 462. The van der Waals surface area contributed by atoms with Gasteiger partial charge in [0, 0.05) is 16.5 Å². The molecule has 1 heterocycles. The van der Waals surface area contributed by atoms with Crippen LogP contribution in [0.1, 0.15) is 25.5 Å². The van der Waals surface area contributed by atoms with Crippen LogP contribution < -0.4 is 5.73 Å². The average Bonchev–Trinajstić information content (AvgIpc) is 2.73. The second-order valence-corrected chi connectivity index (χ2v) is 6.70. The smallest absolute Gasteiger partial charge is 0.0401 e. The van der Waals surface area contributed by atoms with Gasteiger partial charge in [-0.25, -0.2) is 0 Å². The van der Waals surface area contributed by atoms with Crippen LogP contribution in [0.4, 0.5) is 0 Å². The lowest BCUT2D eigenvalue weighted by Gasteiger charge is -2.14. The first-order valence-corrected chi connectivity index (χ1v) is 7.44. The molecule has 0 aliphatic carbocycles. The standard InChI is InChI=1S/C13H17NS2/c1-9(2)16-8-12(14)11-5-3-4-10-6-7-15-13(10)11/h3-7,9,12H,8,14H2,1-2H3. The number of rotatable bonds is 4. The van der Waals surface area contributed by atoms with E-state index in [1.165, 1.54) is 15.6 Å². The highest BCUT2D eigenvalue weighted by molar-refractivity contribution is 7.99. The van der Waals surface area contributed by atoms with E-state index in [4.69, 9.17) is 5.73 Å². The Hall–Kier alpha value is -0.510. The highest BCUT2D eigenvalue weighted by Crippen LogP contribution is 2.30. The summed E-state index contributed by atoms with van der Waals surface area (Å²) < 4.78 is 1.35. The summed E-state index contributed by atoms with van der Waals surface area (Å²) in [5.41, 5.74) is 7.55. The maximum atomic E-state index is 6.25. The lowest BCUT2D eigenvalue weighted by Crippen LogP contribution is -2.14. The molecule has 1 nitrogen and oxygen atoms in total. The quantitative estimate of drug-likeness (QED) is 0.887. The van der Waals surface area contributed by atoms with Crippen molar-refractivity contribution >= 4 is 33.2 Å². The van der Waals surface area contributed by atoms with Gasteiger partial charge in [-0.1, -0.05) is 32.0 Å². The van der Waals surface area contributed by atoms with Crippen molar-refractivity contribution in [3.63, 3.8) is 0 Å². The van der Waals surface area contributed by atoms with Crippen molar-refractivity contribution in [2.75, 3.05) is 5.75 Å². The molecule has 0 radical (unpaired) electrons. The summed E-state index contributed by atoms with van der Waals surface area (Å²) in [7, 11) is 0. The number of nitrogens with two attached hydrogens (primary N) is 1. The van der Waals surface area contributed by atoms with Gasteiger partial charge in [0.05, 0.1) is 0 Å². The van der Waals surface area contributed by atoms with Crippen LogP contribution in [0, 0.1) is 0 Å². The van der Waals surface area contributed by atoms with E-state index in [9.17, 15) is 0 Å². The molecule has 0 aliphatic heterocycles. The van der Waals surface area contributed by atoms with Crippen LogP contribution in [0.3, 0.4) is 0 Å². The van der Waals surface area contributed by atoms with Crippen molar-refractivity contribution in [3.8, 4) is 0 Å². The molecule has 3 heteroatoms. The van der Waals surface area contributed by atoms with Gasteiger partial charge >= 0.3 is 0 Å². The second kappa shape index (κ2) is 5.21. The molecule has 2 rings (SSSR count). The highest BCUT2D eigenvalue weighted by Gasteiger charge is 2.11. The first-order chi connectivity index (χ1) is 7.68. The van der Waals surface area contributed by atoms with Crippen LogP contribution in [-0.2, 0) is 0 Å². The van der Waals surface area contributed by atoms with E-state index in [0.29, 0.717) is 5.25 Å². The third kappa shape index (κ3) is 2.59. The zero-order chi connectivity index (χ0) is 11.5. The predicted octanol–water partition coefficient (Wildman–Crippen LogP) is 4.04. The molecule has 2 aromatic rings. The minimum atomic E-state index is 0.148. The zero-order valence-electron chi connectivity index (χ0n) is 9.64. The summed E-state index contributed by atoms with van der Waals surface area (Å²) >= 11 is 3.71. The highest BCUT2D eigenvalue weighted by atomic mass is 32.2. The van der Waals surface area contributed by atoms with Gasteiger partial charge in [0.1, 0.15) is 0 Å². The first-order valence-electron chi connectivity index (χ1n) is 5.52. The Morgan fingerprint density at radius 2 is 2.12 bits per heavy atom. The van der Waals surface area contributed by atoms with Gasteiger partial charge in [0.25, 0.3) is 0 Å². The molecule has 1 aromatic heterocycles. The third-order valence-electron chi connectivity index (χ3n) is 2.52. The number of fused-ring (bicyclic) bond motifs is 1. The summed E-state index contributed by atoms with van der Waals surface area (Å²) in [6.45, 7) is 4.42. The van der Waals surface area contributed by atoms with Gasteiger partial charge in [-0.2, -0.15) is 11.8 Å². The molecule has 0 fully saturated rings. The summed E-state index contributed by atoms with van der Waals surface area (Å²) in [4.78, 5) is 0. The van der Waals surface area contributed by atoms with Crippen LogP contribution in [0.2, 0.25) is 0 Å². The van der Waals surface area contributed by atoms with E-state index >= 15 is 0 Å². The van der Waals surface area contributed by atoms with Crippen molar-refractivity contribution < 1.29 is 0 Å². The van der Waals surface area contributed by atoms with Crippen LogP contribution in [-0.4, -0.2) is 11.0 Å². The van der Waals surface area contributed by atoms with Crippen molar-refractivity contribution in [3.05, 3.63) is 35.2 Å². The molecule has 2 N–H and O–H groups in total. The summed E-state index contributed by atoms with van der Waals surface area (Å²) in [6.07, 6.45) is 0. The lowest BCUT2D eigenvalue weighted by atomic mass is 10.1. The topological polar surface area (TPSA) is 26.0 Å². The zero-order valence-corrected chi connectivity index (χ0v) is 11.3. The molecule has 86 valence electrons. The molecular formula is C13H17NS2. The van der Waals surface area contributed by atoms with E-state index in [0.717, 1.165) is 5.75 Å². The Morgan fingerprint density at radius 1 is 1.31 bits per heavy atom. The average molecular weight is 251 g/mol. The largest absolute Gasteiger partial charge is 0.323 e. The van der Waals surface area contributed by atoms with Gasteiger partial charge in [-0.3, -0.25) is 0 Å². The van der Waals surface area contributed by atoms with Crippen molar-refractivity contribution in [1.29, 1.82) is 0 Å². The third-order valence-corrected chi connectivity index (χ3v) is 4.72. The fraction of sp³-hybridized carbons (Fsp3) is 0.385. The van der Waals surface area contributed by atoms with Gasteiger partial charge < -0.3 is 5.73 Å². The van der Waals surface area contributed by atoms with E-state index in [-0.39, 0.29) is 6.04 Å². The predicted molar refractivity (Wildman–Crippen MR) is 76.3 cm³/mol. The number of thiophene rings is 1. The van der Waals surface area contributed by atoms with Crippen LogP contribution in [0.25, 0.3) is 10.1 Å². The summed E-state index contributed by atoms with van der Waals surface area (Å²) in [6, 6.07) is 8.72. The molecule has 0 aliphatic rings. The number of benzene rings is 1. The summed E-state index contributed by atoms with van der Waals surface area (Å²) in [5, 5.41) is 4.09. The van der Waals surface area contributed by atoms with Crippen LogP contribution in [0.15, 0.2) is 29.6 Å². The molecule has 1 unspecified atom stereocenters. The molecule has 0 saturated heterocycles. The Balaban J connectivity index is 2.22.